The SMILES string of the molecule is CC1(C)CN(C[C@H]2CC[C@H](C3=C4c5cc[nH]c5N=CN4NN3)CC2)C1. The normalized spacial score (nSPS) is 30.7. The molecule has 6 nitrogen and oxygen atoms in total. The molecule has 0 radical (unpaired) electrons. The van der Waals surface area contributed by atoms with E-state index in [1.807, 2.05) is 17.5 Å². The molecule has 1 aromatic heterocycles. The van der Waals surface area contributed by atoms with Crippen molar-refractivity contribution >= 4 is 17.9 Å². The first-order valence-electron chi connectivity index (χ1n) is 9.58. The number of nitrogens with one attached hydrogen (secondary N) is 3. The van der Waals surface area contributed by atoms with Gasteiger partial charge in [0.25, 0.3) is 0 Å². The third-order valence-corrected chi connectivity index (χ3v) is 6.16. The molecule has 3 N–H and O–H groups in total. The number of hydrogen-bond acceptors (Lipinski definition) is 5. The second-order valence-electron chi connectivity index (χ2n) is 8.91. The number of likely N-dealkylation sites (tertiary alicyclic amines) is 1. The number of aromatic amines is 1. The van der Waals surface area contributed by atoms with Gasteiger partial charge in [0.1, 0.15) is 12.2 Å². The molecule has 4 heterocycles. The summed E-state index contributed by atoms with van der Waals surface area (Å²) in [4.78, 5) is 10.3. The Labute approximate surface area is 149 Å². The second-order valence-corrected chi connectivity index (χ2v) is 8.91. The molecule has 25 heavy (non-hydrogen) atoms. The van der Waals surface area contributed by atoms with E-state index in [1.165, 1.54) is 62.3 Å². The summed E-state index contributed by atoms with van der Waals surface area (Å²) < 4.78 is 0. The van der Waals surface area contributed by atoms with E-state index in [9.17, 15) is 0 Å². The predicted octanol–water partition coefficient (Wildman–Crippen LogP) is 2.83. The van der Waals surface area contributed by atoms with Gasteiger partial charge < -0.3 is 15.3 Å². The standard InChI is InChI=1S/C19H28N6/c1-19(2)10-24(11-19)9-13-3-5-14(6-4-13)16-17-15-7-8-20-18(15)21-12-25(17)23-22-16/h7-8,12-14,20,22-23H,3-6,9-11H2,1-2H3/t13-,14-. The van der Waals surface area contributed by atoms with Crippen molar-refractivity contribution in [2.45, 2.75) is 39.5 Å². The van der Waals surface area contributed by atoms with Gasteiger partial charge in [0, 0.05) is 37.3 Å². The zero-order valence-electron chi connectivity index (χ0n) is 15.2. The van der Waals surface area contributed by atoms with Crippen molar-refractivity contribution in [3.8, 4) is 0 Å². The Balaban J connectivity index is 1.26. The highest BCUT2D eigenvalue weighted by atomic mass is 15.7. The van der Waals surface area contributed by atoms with Crippen LogP contribution in [0.3, 0.4) is 0 Å². The summed E-state index contributed by atoms with van der Waals surface area (Å²) in [6.07, 6.45) is 9.06. The highest BCUT2D eigenvalue weighted by Gasteiger charge is 2.37. The first-order valence-corrected chi connectivity index (χ1v) is 9.58. The molecule has 0 unspecified atom stereocenters. The first kappa shape index (κ1) is 15.5. The summed E-state index contributed by atoms with van der Waals surface area (Å²) in [6, 6.07) is 2.13. The minimum Gasteiger partial charge on any atom is -0.346 e. The van der Waals surface area contributed by atoms with Gasteiger partial charge in [0.15, 0.2) is 0 Å². The number of hydrogen-bond donors (Lipinski definition) is 3. The van der Waals surface area contributed by atoms with E-state index < -0.39 is 0 Å². The van der Waals surface area contributed by atoms with Crippen molar-refractivity contribution in [1.29, 1.82) is 0 Å². The lowest BCUT2D eigenvalue weighted by Crippen LogP contribution is -2.54. The molecule has 5 rings (SSSR count). The van der Waals surface area contributed by atoms with Crippen molar-refractivity contribution < 1.29 is 0 Å². The Morgan fingerprint density at radius 2 is 2.00 bits per heavy atom. The van der Waals surface area contributed by atoms with Crippen LogP contribution >= 0.6 is 0 Å². The minimum absolute atomic E-state index is 0.545. The fourth-order valence-corrected chi connectivity index (χ4v) is 5.09. The molecule has 6 heteroatoms. The van der Waals surface area contributed by atoms with Crippen LogP contribution < -0.4 is 11.0 Å². The van der Waals surface area contributed by atoms with E-state index in [0.717, 1.165) is 11.7 Å². The summed E-state index contributed by atoms with van der Waals surface area (Å²) in [7, 11) is 0. The molecule has 1 aromatic rings. The van der Waals surface area contributed by atoms with Crippen molar-refractivity contribution in [2.24, 2.45) is 22.2 Å². The molecule has 3 aliphatic heterocycles. The van der Waals surface area contributed by atoms with Crippen molar-refractivity contribution in [3.63, 3.8) is 0 Å². The quantitative estimate of drug-likeness (QED) is 0.792. The molecular weight excluding hydrogens is 312 g/mol. The predicted molar refractivity (Wildman–Crippen MR) is 99.6 cm³/mol. The van der Waals surface area contributed by atoms with Gasteiger partial charge in [-0.25, -0.2) is 10.0 Å². The highest BCUT2D eigenvalue weighted by Crippen LogP contribution is 2.41. The molecule has 0 aromatic carbocycles. The molecule has 0 bridgehead atoms. The summed E-state index contributed by atoms with van der Waals surface area (Å²) >= 11 is 0. The zero-order valence-corrected chi connectivity index (χ0v) is 15.2. The van der Waals surface area contributed by atoms with E-state index in [1.54, 1.807) is 0 Å². The van der Waals surface area contributed by atoms with E-state index in [2.05, 4.69) is 45.8 Å². The van der Waals surface area contributed by atoms with Gasteiger partial charge in [0.05, 0.1) is 11.4 Å². The third-order valence-electron chi connectivity index (χ3n) is 6.16. The van der Waals surface area contributed by atoms with Gasteiger partial charge in [-0.2, -0.15) is 0 Å². The van der Waals surface area contributed by atoms with E-state index in [0.29, 0.717) is 11.3 Å². The lowest BCUT2D eigenvalue weighted by atomic mass is 9.77. The fourth-order valence-electron chi connectivity index (χ4n) is 5.09. The summed E-state index contributed by atoms with van der Waals surface area (Å²) in [5.74, 6) is 2.45. The van der Waals surface area contributed by atoms with Crippen LogP contribution in [0, 0.1) is 17.3 Å². The van der Waals surface area contributed by atoms with E-state index in [4.69, 9.17) is 0 Å². The van der Waals surface area contributed by atoms with Gasteiger partial charge in [-0.1, -0.05) is 13.8 Å². The lowest BCUT2D eigenvalue weighted by Gasteiger charge is -2.48. The number of allylic oxidation sites excluding steroid dienone is 1. The number of rotatable bonds is 3. The Kier molecular flexibility index (Phi) is 3.47. The molecule has 2 fully saturated rings. The molecule has 1 saturated carbocycles. The monoisotopic (exact) mass is 340 g/mol. The zero-order chi connectivity index (χ0) is 17.0. The van der Waals surface area contributed by atoms with Crippen LogP contribution in [0.1, 0.15) is 45.1 Å². The topological polar surface area (TPSA) is 58.7 Å². The van der Waals surface area contributed by atoms with E-state index >= 15 is 0 Å². The van der Waals surface area contributed by atoms with Gasteiger partial charge in [-0.15, -0.1) is 5.53 Å². The van der Waals surface area contributed by atoms with Crippen LogP contribution in [0.5, 0.6) is 0 Å². The molecule has 134 valence electrons. The van der Waals surface area contributed by atoms with Gasteiger partial charge in [-0.3, -0.25) is 0 Å². The van der Waals surface area contributed by atoms with Crippen LogP contribution in [-0.4, -0.2) is 40.9 Å². The summed E-state index contributed by atoms with van der Waals surface area (Å²) in [5.41, 5.74) is 11.0. The van der Waals surface area contributed by atoms with E-state index in [-0.39, 0.29) is 0 Å². The van der Waals surface area contributed by atoms with Crippen LogP contribution in [0.2, 0.25) is 0 Å². The molecule has 0 atom stereocenters. The number of H-pyrrole nitrogens is 1. The lowest BCUT2D eigenvalue weighted by molar-refractivity contribution is 0.0120. The molecule has 0 spiro atoms. The summed E-state index contributed by atoms with van der Waals surface area (Å²) in [6.45, 7) is 8.61. The Morgan fingerprint density at radius 3 is 2.76 bits per heavy atom. The highest BCUT2D eigenvalue weighted by molar-refractivity contribution is 5.87. The number of hydrazine groups is 2. The Bertz CT molecular complexity index is 714. The maximum Gasteiger partial charge on any atom is 0.141 e. The Hall–Kier alpha value is -1.79. The minimum atomic E-state index is 0.545. The van der Waals surface area contributed by atoms with Crippen molar-refractivity contribution in [1.82, 2.24) is 25.9 Å². The maximum absolute atomic E-state index is 4.45. The smallest absolute Gasteiger partial charge is 0.141 e. The largest absolute Gasteiger partial charge is 0.346 e. The van der Waals surface area contributed by atoms with Crippen molar-refractivity contribution in [2.75, 3.05) is 19.6 Å². The average Bonchev–Trinajstić information content (AvgIpc) is 3.19. The van der Waals surface area contributed by atoms with Crippen molar-refractivity contribution in [3.05, 3.63) is 23.5 Å². The van der Waals surface area contributed by atoms with Crippen LogP contribution in [-0.2, 0) is 0 Å². The van der Waals surface area contributed by atoms with Gasteiger partial charge in [-0.05, 0) is 43.1 Å². The van der Waals surface area contributed by atoms with Crippen LogP contribution in [0.4, 0.5) is 5.82 Å². The van der Waals surface area contributed by atoms with Gasteiger partial charge >= 0.3 is 0 Å². The molecular formula is C19H28N6. The molecule has 0 amide bonds. The maximum atomic E-state index is 4.45. The third kappa shape index (κ3) is 2.68. The van der Waals surface area contributed by atoms with Gasteiger partial charge in [0.2, 0.25) is 0 Å². The summed E-state index contributed by atoms with van der Waals surface area (Å²) in [5, 5.41) is 2.01. The molecule has 4 aliphatic rings. The first-order chi connectivity index (χ1) is 12.1. The number of aliphatic imine (C=N–C) groups is 1. The fraction of sp³-hybridized carbons (Fsp3) is 0.632. The number of nitrogens with zero attached hydrogens (tertiary/aromatic N) is 3. The second kappa shape index (κ2) is 5.61. The molecule has 1 saturated heterocycles. The van der Waals surface area contributed by atoms with Crippen LogP contribution in [0.15, 0.2) is 23.0 Å². The number of fused-ring (bicyclic) bond motifs is 3. The van der Waals surface area contributed by atoms with Crippen LogP contribution in [0.25, 0.3) is 5.70 Å². The molecule has 1 aliphatic carbocycles. The average molecular weight is 340 g/mol. The Morgan fingerprint density at radius 1 is 1.20 bits per heavy atom. The number of aromatic nitrogens is 1.